The second-order valence-corrected chi connectivity index (χ2v) is 7.82. The van der Waals surface area contributed by atoms with Crippen LogP contribution in [0.3, 0.4) is 0 Å². The van der Waals surface area contributed by atoms with E-state index in [9.17, 15) is 17.6 Å². The molecule has 0 radical (unpaired) electrons. The third kappa shape index (κ3) is 5.43. The van der Waals surface area contributed by atoms with E-state index in [0.717, 1.165) is 12.5 Å². The maximum Gasteiger partial charge on any atom is 0.318 e. The van der Waals surface area contributed by atoms with Crippen molar-refractivity contribution in [3.05, 3.63) is 29.8 Å². The first-order chi connectivity index (χ1) is 10.7. The number of sulfone groups is 1. The SMILES string of the molecule is C[C@H](NC(=O)N1CCOC(CS(C)(=O)=O)C1)c1cncc(F)c1. The van der Waals surface area contributed by atoms with E-state index >= 15 is 0 Å². The summed E-state index contributed by atoms with van der Waals surface area (Å²) >= 11 is 0. The van der Waals surface area contributed by atoms with Gasteiger partial charge in [-0.3, -0.25) is 4.98 Å². The Bertz CT molecular complexity index is 668. The van der Waals surface area contributed by atoms with Crippen LogP contribution < -0.4 is 5.32 Å². The first kappa shape index (κ1) is 17.6. The van der Waals surface area contributed by atoms with Crippen LogP contribution in [0.5, 0.6) is 0 Å². The van der Waals surface area contributed by atoms with Crippen molar-refractivity contribution >= 4 is 15.9 Å². The molecule has 128 valence electrons. The molecule has 0 spiro atoms. The fourth-order valence-electron chi connectivity index (χ4n) is 2.37. The Labute approximate surface area is 134 Å². The fourth-order valence-corrected chi connectivity index (χ4v) is 3.24. The van der Waals surface area contributed by atoms with E-state index in [2.05, 4.69) is 10.3 Å². The maximum atomic E-state index is 13.2. The highest BCUT2D eigenvalue weighted by Gasteiger charge is 2.27. The van der Waals surface area contributed by atoms with Gasteiger partial charge in [-0.05, 0) is 18.6 Å². The molecule has 1 unspecified atom stereocenters. The average molecular weight is 345 g/mol. The zero-order valence-electron chi connectivity index (χ0n) is 13.0. The summed E-state index contributed by atoms with van der Waals surface area (Å²) in [5.41, 5.74) is 0.555. The lowest BCUT2D eigenvalue weighted by Gasteiger charge is -2.33. The van der Waals surface area contributed by atoms with Gasteiger partial charge in [0.25, 0.3) is 0 Å². The number of nitrogens with one attached hydrogen (secondary N) is 1. The van der Waals surface area contributed by atoms with E-state index in [-0.39, 0.29) is 24.9 Å². The molecule has 1 aliphatic rings. The standard InChI is InChI=1S/C14H20FN3O4S/c1-10(11-5-12(15)7-16-6-11)17-14(19)18-3-4-22-13(8-18)9-23(2,20)21/h5-7,10,13H,3-4,8-9H2,1-2H3,(H,17,19)/t10-,13?/m0/s1. The van der Waals surface area contributed by atoms with E-state index < -0.39 is 27.8 Å². The molecular weight excluding hydrogens is 325 g/mol. The number of urea groups is 1. The van der Waals surface area contributed by atoms with Crippen molar-refractivity contribution in [1.29, 1.82) is 0 Å². The number of ether oxygens (including phenoxy) is 1. The van der Waals surface area contributed by atoms with Crippen LogP contribution in [-0.2, 0) is 14.6 Å². The molecule has 2 amide bonds. The molecule has 1 fully saturated rings. The Morgan fingerprint density at radius 1 is 1.57 bits per heavy atom. The molecule has 0 saturated carbocycles. The van der Waals surface area contributed by atoms with Crippen molar-refractivity contribution in [3.8, 4) is 0 Å². The Balaban J connectivity index is 1.94. The third-order valence-electron chi connectivity index (χ3n) is 3.48. The van der Waals surface area contributed by atoms with Crippen LogP contribution >= 0.6 is 0 Å². The number of carbonyl (C=O) groups excluding carboxylic acids is 1. The molecule has 1 saturated heterocycles. The zero-order chi connectivity index (χ0) is 17.0. The lowest BCUT2D eigenvalue weighted by atomic mass is 10.1. The van der Waals surface area contributed by atoms with E-state index in [1.165, 1.54) is 17.2 Å². The number of nitrogens with zero attached hydrogens (tertiary/aromatic N) is 2. The number of rotatable bonds is 4. The van der Waals surface area contributed by atoms with Crippen LogP contribution in [0.2, 0.25) is 0 Å². The van der Waals surface area contributed by atoms with Gasteiger partial charge in [0.05, 0.1) is 30.7 Å². The lowest BCUT2D eigenvalue weighted by molar-refractivity contribution is -0.00200. The molecule has 0 bridgehead atoms. The minimum atomic E-state index is -3.18. The summed E-state index contributed by atoms with van der Waals surface area (Å²) < 4.78 is 41.2. The highest BCUT2D eigenvalue weighted by atomic mass is 32.2. The number of morpholine rings is 1. The van der Waals surface area contributed by atoms with E-state index in [4.69, 9.17) is 4.74 Å². The molecule has 1 aliphatic heterocycles. The molecular formula is C14H20FN3O4S. The van der Waals surface area contributed by atoms with Crippen LogP contribution in [0.25, 0.3) is 0 Å². The smallest absolute Gasteiger partial charge is 0.318 e. The number of hydrogen-bond donors (Lipinski definition) is 1. The van der Waals surface area contributed by atoms with Crippen LogP contribution in [-0.4, -0.2) is 62.1 Å². The van der Waals surface area contributed by atoms with Crippen molar-refractivity contribution in [2.75, 3.05) is 31.7 Å². The van der Waals surface area contributed by atoms with Crippen LogP contribution in [0, 0.1) is 5.82 Å². The molecule has 0 aliphatic carbocycles. The summed E-state index contributed by atoms with van der Waals surface area (Å²) in [6.45, 7) is 2.58. The first-order valence-electron chi connectivity index (χ1n) is 7.20. The molecule has 1 aromatic heterocycles. The quantitative estimate of drug-likeness (QED) is 0.869. The van der Waals surface area contributed by atoms with Gasteiger partial charge in [-0.2, -0.15) is 0 Å². The Morgan fingerprint density at radius 2 is 2.30 bits per heavy atom. The van der Waals surface area contributed by atoms with Gasteiger partial charge in [0.1, 0.15) is 15.7 Å². The molecule has 7 nitrogen and oxygen atoms in total. The second-order valence-electron chi connectivity index (χ2n) is 5.64. The highest BCUT2D eigenvalue weighted by Crippen LogP contribution is 2.14. The Kier molecular flexibility index (Phi) is 5.53. The van der Waals surface area contributed by atoms with Crippen LogP contribution in [0.4, 0.5) is 9.18 Å². The van der Waals surface area contributed by atoms with Gasteiger partial charge in [0.2, 0.25) is 0 Å². The molecule has 1 aromatic rings. The number of halogens is 1. The number of aromatic nitrogens is 1. The predicted molar refractivity (Wildman–Crippen MR) is 82.2 cm³/mol. The van der Waals surface area contributed by atoms with Gasteiger partial charge in [0, 0.05) is 25.5 Å². The molecule has 2 atom stereocenters. The van der Waals surface area contributed by atoms with Crippen molar-refractivity contribution in [1.82, 2.24) is 15.2 Å². The number of carbonyl (C=O) groups is 1. The molecule has 0 aromatic carbocycles. The van der Waals surface area contributed by atoms with Gasteiger partial charge in [-0.25, -0.2) is 17.6 Å². The van der Waals surface area contributed by atoms with E-state index in [0.29, 0.717) is 12.1 Å². The second kappa shape index (κ2) is 7.22. The van der Waals surface area contributed by atoms with Gasteiger partial charge in [0.15, 0.2) is 0 Å². The van der Waals surface area contributed by atoms with Gasteiger partial charge < -0.3 is 15.0 Å². The minimum Gasteiger partial charge on any atom is -0.373 e. The monoisotopic (exact) mass is 345 g/mol. The summed E-state index contributed by atoms with van der Waals surface area (Å²) in [6.07, 6.45) is 3.18. The predicted octanol–water partition coefficient (Wildman–Crippen LogP) is 0.737. The Hall–Kier alpha value is -1.74. The normalized spacial score (nSPS) is 20.1. The molecule has 23 heavy (non-hydrogen) atoms. The number of hydrogen-bond acceptors (Lipinski definition) is 5. The molecule has 9 heteroatoms. The summed E-state index contributed by atoms with van der Waals surface area (Å²) in [5.74, 6) is -0.594. The highest BCUT2D eigenvalue weighted by molar-refractivity contribution is 7.90. The van der Waals surface area contributed by atoms with Crippen LogP contribution in [0.15, 0.2) is 18.5 Å². The summed E-state index contributed by atoms with van der Waals surface area (Å²) in [6, 6.07) is 0.550. The van der Waals surface area contributed by atoms with Crippen molar-refractivity contribution < 1.29 is 22.3 Å². The van der Waals surface area contributed by atoms with Crippen molar-refractivity contribution in [3.63, 3.8) is 0 Å². The first-order valence-corrected chi connectivity index (χ1v) is 9.26. The molecule has 2 rings (SSSR count). The van der Waals surface area contributed by atoms with Gasteiger partial charge in [-0.15, -0.1) is 0 Å². The van der Waals surface area contributed by atoms with E-state index in [1.54, 1.807) is 6.92 Å². The van der Waals surface area contributed by atoms with E-state index in [1.807, 2.05) is 0 Å². The fraction of sp³-hybridized carbons (Fsp3) is 0.571. The van der Waals surface area contributed by atoms with Gasteiger partial charge >= 0.3 is 6.03 Å². The topological polar surface area (TPSA) is 88.6 Å². The number of amides is 2. The van der Waals surface area contributed by atoms with Crippen molar-refractivity contribution in [2.45, 2.75) is 19.1 Å². The molecule has 2 heterocycles. The summed E-state index contributed by atoms with van der Waals surface area (Å²) in [7, 11) is -3.18. The average Bonchev–Trinajstić information content (AvgIpc) is 2.45. The summed E-state index contributed by atoms with van der Waals surface area (Å²) in [5, 5.41) is 2.75. The minimum absolute atomic E-state index is 0.125. The number of pyridine rings is 1. The summed E-state index contributed by atoms with van der Waals surface area (Å²) in [4.78, 5) is 17.5. The zero-order valence-corrected chi connectivity index (χ0v) is 13.8. The van der Waals surface area contributed by atoms with Crippen LogP contribution in [0.1, 0.15) is 18.5 Å². The largest absolute Gasteiger partial charge is 0.373 e. The Morgan fingerprint density at radius 3 is 2.96 bits per heavy atom. The third-order valence-corrected chi connectivity index (χ3v) is 4.46. The lowest BCUT2D eigenvalue weighted by Crippen LogP contribution is -2.51. The van der Waals surface area contributed by atoms with Crippen molar-refractivity contribution in [2.24, 2.45) is 0 Å². The molecule has 1 N–H and O–H groups in total. The van der Waals surface area contributed by atoms with Gasteiger partial charge in [-0.1, -0.05) is 0 Å². The maximum absolute atomic E-state index is 13.2.